The molecular formula is C21H29NO5S. The van der Waals surface area contributed by atoms with Crippen LogP contribution in [-0.2, 0) is 27.0 Å². The summed E-state index contributed by atoms with van der Waals surface area (Å²) >= 11 is 0. The van der Waals surface area contributed by atoms with E-state index < -0.39 is 21.6 Å². The highest BCUT2D eigenvalue weighted by Gasteiger charge is 2.26. The van der Waals surface area contributed by atoms with Gasteiger partial charge >= 0.3 is 5.97 Å². The van der Waals surface area contributed by atoms with Crippen molar-refractivity contribution in [3.63, 3.8) is 0 Å². The molecule has 1 atom stereocenters. The van der Waals surface area contributed by atoms with Gasteiger partial charge in [-0.3, -0.25) is 4.79 Å². The third-order valence-corrected chi connectivity index (χ3v) is 6.13. The van der Waals surface area contributed by atoms with Crippen molar-refractivity contribution in [1.29, 1.82) is 0 Å². The summed E-state index contributed by atoms with van der Waals surface area (Å²) in [6.45, 7) is 0.688. The van der Waals surface area contributed by atoms with Crippen LogP contribution in [0.15, 0.2) is 48.6 Å². The molecule has 0 radical (unpaired) electrons. The Morgan fingerprint density at radius 2 is 1.79 bits per heavy atom. The lowest BCUT2D eigenvalue weighted by Gasteiger charge is -2.26. The van der Waals surface area contributed by atoms with Crippen LogP contribution in [0.25, 0.3) is 0 Å². The molecule has 0 aliphatic heterocycles. The summed E-state index contributed by atoms with van der Waals surface area (Å²) in [5.74, 6) is -0.800. The van der Waals surface area contributed by atoms with Crippen molar-refractivity contribution in [2.45, 2.75) is 50.7 Å². The van der Waals surface area contributed by atoms with Gasteiger partial charge in [0.05, 0.1) is 6.26 Å². The van der Waals surface area contributed by atoms with Gasteiger partial charge in [0.1, 0.15) is 5.60 Å². The molecule has 1 unspecified atom stereocenters. The lowest BCUT2D eigenvalue weighted by Crippen LogP contribution is -2.30. The summed E-state index contributed by atoms with van der Waals surface area (Å²) in [6.07, 6.45) is 12.1. The molecule has 1 aliphatic carbocycles. The molecular weight excluding hydrogens is 378 g/mol. The van der Waals surface area contributed by atoms with Crippen LogP contribution >= 0.6 is 0 Å². The zero-order valence-corrected chi connectivity index (χ0v) is 17.1. The van der Waals surface area contributed by atoms with Gasteiger partial charge in [-0.05, 0) is 30.0 Å². The molecule has 28 heavy (non-hydrogen) atoms. The Balaban J connectivity index is 1.92. The van der Waals surface area contributed by atoms with Crippen molar-refractivity contribution in [1.82, 2.24) is 4.31 Å². The maximum absolute atomic E-state index is 12.1. The van der Waals surface area contributed by atoms with Crippen molar-refractivity contribution in [3.8, 4) is 0 Å². The van der Waals surface area contributed by atoms with E-state index in [0.717, 1.165) is 24.0 Å². The number of allylic oxidation sites excluding steroid dienone is 2. The molecule has 0 bridgehead atoms. The average Bonchev–Trinajstić information content (AvgIpc) is 2.63. The Bertz CT molecular complexity index is 814. The number of carbonyl (C=O) groups is 1. The minimum Gasteiger partial charge on any atom is -0.481 e. The number of aliphatic hydroxyl groups is 1. The zero-order valence-electron chi connectivity index (χ0n) is 16.3. The van der Waals surface area contributed by atoms with Gasteiger partial charge in [0.15, 0.2) is 0 Å². The molecule has 2 rings (SSSR count). The summed E-state index contributed by atoms with van der Waals surface area (Å²) in [4.78, 5) is 10.5. The van der Waals surface area contributed by atoms with E-state index in [2.05, 4.69) is 0 Å². The number of carboxylic acids is 1. The van der Waals surface area contributed by atoms with Crippen LogP contribution in [-0.4, -0.2) is 41.7 Å². The molecule has 0 heterocycles. The lowest BCUT2D eigenvalue weighted by atomic mass is 9.87. The summed E-state index contributed by atoms with van der Waals surface area (Å²) in [5.41, 5.74) is 0.625. The van der Waals surface area contributed by atoms with Crippen LogP contribution in [0.3, 0.4) is 0 Å². The summed E-state index contributed by atoms with van der Waals surface area (Å²) < 4.78 is 25.6. The van der Waals surface area contributed by atoms with Gasteiger partial charge in [0.25, 0.3) is 0 Å². The second-order valence-electron chi connectivity index (χ2n) is 7.27. The topological polar surface area (TPSA) is 94.9 Å². The Labute approximate surface area is 167 Å². The first-order valence-corrected chi connectivity index (χ1v) is 11.4. The van der Waals surface area contributed by atoms with Crippen LogP contribution in [0, 0.1) is 0 Å². The minimum absolute atomic E-state index is 0.152. The molecule has 0 saturated carbocycles. The second kappa shape index (κ2) is 10.0. The third kappa shape index (κ3) is 6.89. The highest BCUT2D eigenvalue weighted by molar-refractivity contribution is 7.88. The maximum Gasteiger partial charge on any atom is 0.303 e. The van der Waals surface area contributed by atoms with Crippen molar-refractivity contribution in [2.75, 3.05) is 12.8 Å². The van der Waals surface area contributed by atoms with Gasteiger partial charge in [-0.1, -0.05) is 55.3 Å². The summed E-state index contributed by atoms with van der Waals surface area (Å²) in [5, 5.41) is 19.3. The van der Waals surface area contributed by atoms with Gasteiger partial charge in [0.2, 0.25) is 10.0 Å². The summed E-state index contributed by atoms with van der Waals surface area (Å²) in [7, 11) is -3.34. The number of hydrogen-bond donors (Lipinski definition) is 2. The molecule has 0 fully saturated rings. The predicted molar refractivity (Wildman–Crippen MR) is 109 cm³/mol. The number of hydrogen-bond acceptors (Lipinski definition) is 4. The molecule has 154 valence electrons. The number of sulfonamides is 1. The average molecular weight is 408 g/mol. The van der Waals surface area contributed by atoms with Crippen LogP contribution in [0.2, 0.25) is 0 Å². The minimum atomic E-state index is -3.34. The molecule has 7 heteroatoms. The predicted octanol–water partition coefficient (Wildman–Crippen LogP) is 3.19. The van der Waals surface area contributed by atoms with E-state index in [1.807, 2.05) is 42.5 Å². The van der Waals surface area contributed by atoms with E-state index in [1.165, 1.54) is 10.6 Å². The normalized spacial score (nSPS) is 19.2. The van der Waals surface area contributed by atoms with E-state index in [0.29, 0.717) is 25.8 Å². The van der Waals surface area contributed by atoms with Crippen molar-refractivity contribution in [3.05, 3.63) is 59.7 Å². The number of aliphatic carboxylic acids is 1. The van der Waals surface area contributed by atoms with Crippen LogP contribution in [0.1, 0.15) is 49.7 Å². The van der Waals surface area contributed by atoms with Gasteiger partial charge in [0, 0.05) is 25.9 Å². The fraction of sp³-hybridized carbons (Fsp3) is 0.476. The molecule has 1 aliphatic rings. The number of rotatable bonds is 11. The fourth-order valence-electron chi connectivity index (χ4n) is 3.21. The molecule has 0 saturated heterocycles. The van der Waals surface area contributed by atoms with Crippen molar-refractivity contribution in [2.24, 2.45) is 0 Å². The quantitative estimate of drug-likeness (QED) is 0.549. The first kappa shape index (κ1) is 22.3. The molecule has 0 amide bonds. The van der Waals surface area contributed by atoms with E-state index in [-0.39, 0.29) is 13.0 Å². The Kier molecular flexibility index (Phi) is 7.98. The van der Waals surface area contributed by atoms with Crippen molar-refractivity contribution < 1.29 is 23.4 Å². The first-order chi connectivity index (χ1) is 13.2. The van der Waals surface area contributed by atoms with Crippen LogP contribution in [0.4, 0.5) is 0 Å². The first-order valence-electron chi connectivity index (χ1n) is 9.54. The van der Waals surface area contributed by atoms with E-state index in [4.69, 9.17) is 5.11 Å². The third-order valence-electron chi connectivity index (χ3n) is 4.88. The van der Waals surface area contributed by atoms with E-state index >= 15 is 0 Å². The smallest absolute Gasteiger partial charge is 0.303 e. The number of carboxylic acid groups (broad SMARTS) is 1. The fourth-order valence-corrected chi connectivity index (χ4v) is 4.05. The number of benzene rings is 1. The zero-order chi connectivity index (χ0) is 20.6. The molecule has 1 aromatic carbocycles. The number of nitrogens with zero attached hydrogens (tertiary/aromatic N) is 1. The largest absolute Gasteiger partial charge is 0.481 e. The van der Waals surface area contributed by atoms with Gasteiger partial charge in [-0.15, -0.1) is 0 Å². The van der Waals surface area contributed by atoms with Crippen molar-refractivity contribution >= 4 is 16.0 Å². The molecule has 2 N–H and O–H groups in total. The summed E-state index contributed by atoms with van der Waals surface area (Å²) in [6, 6.07) is 7.38. The molecule has 0 aromatic heterocycles. The molecule has 1 aromatic rings. The van der Waals surface area contributed by atoms with Crippen LogP contribution < -0.4 is 0 Å². The van der Waals surface area contributed by atoms with Crippen LogP contribution in [0.5, 0.6) is 0 Å². The molecule has 6 nitrogen and oxygen atoms in total. The lowest BCUT2D eigenvalue weighted by molar-refractivity contribution is -0.137. The monoisotopic (exact) mass is 407 g/mol. The SMILES string of the molecule is CS(=O)(=O)N(CCCCCCC(=O)O)Cc1ccc(C2(O)C=CC=CC2)cc1. The highest BCUT2D eigenvalue weighted by Crippen LogP contribution is 2.30. The Morgan fingerprint density at radius 1 is 1.11 bits per heavy atom. The maximum atomic E-state index is 12.1. The highest BCUT2D eigenvalue weighted by atomic mass is 32.2. The number of unbranched alkanes of at least 4 members (excludes halogenated alkanes) is 3. The van der Waals surface area contributed by atoms with Gasteiger partial charge in [-0.2, -0.15) is 4.31 Å². The van der Waals surface area contributed by atoms with E-state index in [1.54, 1.807) is 6.08 Å². The standard InChI is InChI=1S/C21H29NO5S/c1-28(26,27)22(16-8-3-2-5-9-20(23)24)17-18-10-12-19(13-11-18)21(25)14-6-4-7-15-21/h4,6-7,10-14,25H,2-3,5,8-9,15-17H2,1H3,(H,23,24). The second-order valence-corrected chi connectivity index (χ2v) is 9.25. The van der Waals surface area contributed by atoms with Gasteiger partial charge < -0.3 is 10.2 Å². The van der Waals surface area contributed by atoms with E-state index in [9.17, 15) is 18.3 Å². The Hall–Kier alpha value is -1.96. The Morgan fingerprint density at radius 3 is 2.36 bits per heavy atom. The van der Waals surface area contributed by atoms with Gasteiger partial charge in [-0.25, -0.2) is 8.42 Å². The molecule has 0 spiro atoms.